The van der Waals surface area contributed by atoms with Crippen molar-refractivity contribution in [1.82, 2.24) is 9.97 Å². The Morgan fingerprint density at radius 2 is 1.94 bits per heavy atom. The lowest BCUT2D eigenvalue weighted by Crippen LogP contribution is -2.18. The first-order chi connectivity index (χ1) is 8.31. The van der Waals surface area contributed by atoms with E-state index in [0.717, 1.165) is 0 Å². The van der Waals surface area contributed by atoms with Crippen LogP contribution >= 0.6 is 0 Å². The van der Waals surface area contributed by atoms with Crippen LogP contribution in [0.4, 0.5) is 11.6 Å². The van der Waals surface area contributed by atoms with Crippen molar-refractivity contribution in [2.45, 2.75) is 0 Å². The molecule has 86 valence electrons. The van der Waals surface area contributed by atoms with Gasteiger partial charge in [-0.1, -0.05) is 6.07 Å². The average molecular weight is 229 g/mol. The Bertz CT molecular complexity index is 514. The van der Waals surface area contributed by atoms with Crippen molar-refractivity contribution < 1.29 is 4.79 Å². The maximum atomic E-state index is 11.9. The van der Waals surface area contributed by atoms with E-state index in [0.29, 0.717) is 17.2 Å². The monoisotopic (exact) mass is 229 g/mol. The minimum absolute atomic E-state index is 0.315. The first-order valence-corrected chi connectivity index (χ1v) is 4.95. The van der Waals surface area contributed by atoms with Crippen LogP contribution in [0.1, 0.15) is 10.4 Å². The summed E-state index contributed by atoms with van der Waals surface area (Å²) in [7, 11) is 0. The number of anilines is 2. The molecule has 0 aliphatic heterocycles. The minimum Gasteiger partial charge on any atom is -0.308 e. The van der Waals surface area contributed by atoms with Crippen LogP contribution in [-0.2, 0) is 0 Å². The highest BCUT2D eigenvalue weighted by atomic mass is 16.1. The lowest BCUT2D eigenvalue weighted by Gasteiger charge is -2.07. The summed E-state index contributed by atoms with van der Waals surface area (Å²) in [6.45, 7) is 0. The normalized spacial score (nSPS) is 9.71. The van der Waals surface area contributed by atoms with Gasteiger partial charge in [-0.05, 0) is 24.3 Å². The summed E-state index contributed by atoms with van der Waals surface area (Å²) in [4.78, 5) is 19.8. The average Bonchev–Trinajstić information content (AvgIpc) is 2.40. The highest BCUT2D eigenvalue weighted by Crippen LogP contribution is 2.12. The predicted molar refractivity (Wildman–Crippen MR) is 64.2 cm³/mol. The van der Waals surface area contributed by atoms with Crippen LogP contribution in [0.25, 0.3) is 0 Å². The summed E-state index contributed by atoms with van der Waals surface area (Å²) in [5, 5.41) is 2.65. The molecule has 0 radical (unpaired) electrons. The van der Waals surface area contributed by atoms with Crippen molar-refractivity contribution in [3.8, 4) is 0 Å². The minimum atomic E-state index is -0.315. The number of hydrogen-bond donors (Lipinski definition) is 3. The fraction of sp³-hybridized carbons (Fsp3) is 0. The Morgan fingerprint density at radius 1 is 1.12 bits per heavy atom. The molecule has 2 heterocycles. The van der Waals surface area contributed by atoms with E-state index < -0.39 is 0 Å². The molecule has 2 aromatic rings. The number of nitrogens with two attached hydrogens (primary N) is 1. The van der Waals surface area contributed by atoms with E-state index in [9.17, 15) is 4.79 Å². The van der Waals surface area contributed by atoms with E-state index in [1.165, 1.54) is 0 Å². The Balaban J connectivity index is 2.20. The molecular weight excluding hydrogens is 218 g/mol. The third-order valence-electron chi connectivity index (χ3n) is 2.10. The molecule has 4 N–H and O–H groups in total. The topological polar surface area (TPSA) is 92.9 Å². The first-order valence-electron chi connectivity index (χ1n) is 4.95. The molecule has 1 amide bonds. The van der Waals surface area contributed by atoms with Gasteiger partial charge in [0.25, 0.3) is 5.91 Å². The summed E-state index contributed by atoms with van der Waals surface area (Å²) in [6, 6.07) is 8.54. The number of aromatic nitrogens is 2. The van der Waals surface area contributed by atoms with E-state index in [2.05, 4.69) is 20.7 Å². The van der Waals surface area contributed by atoms with Crippen LogP contribution in [-0.4, -0.2) is 15.9 Å². The zero-order valence-corrected chi connectivity index (χ0v) is 8.92. The lowest BCUT2D eigenvalue weighted by atomic mass is 10.2. The van der Waals surface area contributed by atoms with Gasteiger partial charge < -0.3 is 10.7 Å². The molecule has 6 heteroatoms. The Morgan fingerprint density at radius 3 is 2.65 bits per heavy atom. The molecule has 0 aliphatic carbocycles. The van der Waals surface area contributed by atoms with Crippen LogP contribution in [0, 0.1) is 0 Å². The summed E-state index contributed by atoms with van der Waals surface area (Å²) >= 11 is 0. The van der Waals surface area contributed by atoms with Gasteiger partial charge in [-0.2, -0.15) is 0 Å². The number of hydrogen-bond acceptors (Lipinski definition) is 5. The molecule has 2 aromatic heterocycles. The third-order valence-corrected chi connectivity index (χ3v) is 2.10. The smallest absolute Gasteiger partial charge is 0.260 e. The van der Waals surface area contributed by atoms with Gasteiger partial charge in [0.05, 0.1) is 5.56 Å². The number of amides is 1. The summed E-state index contributed by atoms with van der Waals surface area (Å²) in [5.41, 5.74) is 2.73. The molecule has 0 unspecified atom stereocenters. The van der Waals surface area contributed by atoms with Crippen molar-refractivity contribution in [3.05, 3.63) is 48.3 Å². The fourth-order valence-electron chi connectivity index (χ4n) is 1.32. The van der Waals surface area contributed by atoms with E-state index >= 15 is 0 Å². The van der Waals surface area contributed by atoms with Gasteiger partial charge in [0.1, 0.15) is 5.82 Å². The molecule has 2 rings (SSSR count). The van der Waals surface area contributed by atoms with Crippen LogP contribution in [0.2, 0.25) is 0 Å². The second kappa shape index (κ2) is 5.04. The molecule has 0 aromatic carbocycles. The van der Waals surface area contributed by atoms with Gasteiger partial charge in [0.2, 0.25) is 0 Å². The number of carbonyl (C=O) groups excluding carboxylic acids is 1. The highest BCUT2D eigenvalue weighted by Gasteiger charge is 2.11. The number of carbonyl (C=O) groups is 1. The number of hydrazine groups is 1. The molecule has 0 fully saturated rings. The van der Waals surface area contributed by atoms with E-state index in [4.69, 9.17) is 5.84 Å². The molecular formula is C11H11N5O. The zero-order valence-electron chi connectivity index (χ0n) is 8.92. The largest absolute Gasteiger partial charge is 0.308 e. The molecule has 0 spiro atoms. The SMILES string of the molecule is NNc1ncccc1C(=O)Nc1ccccn1. The van der Waals surface area contributed by atoms with Crippen molar-refractivity contribution >= 4 is 17.5 Å². The van der Waals surface area contributed by atoms with Gasteiger partial charge in [0.15, 0.2) is 5.82 Å². The van der Waals surface area contributed by atoms with Gasteiger partial charge >= 0.3 is 0 Å². The summed E-state index contributed by atoms with van der Waals surface area (Å²) in [6.07, 6.45) is 3.15. The maximum absolute atomic E-state index is 11.9. The molecule has 17 heavy (non-hydrogen) atoms. The second-order valence-corrected chi connectivity index (χ2v) is 3.21. The predicted octanol–water partition coefficient (Wildman–Crippen LogP) is 1.01. The van der Waals surface area contributed by atoms with E-state index in [1.54, 1.807) is 42.7 Å². The van der Waals surface area contributed by atoms with E-state index in [-0.39, 0.29) is 5.91 Å². The van der Waals surface area contributed by atoms with E-state index in [1.807, 2.05) is 0 Å². The summed E-state index contributed by atoms with van der Waals surface area (Å²) < 4.78 is 0. The van der Waals surface area contributed by atoms with Crippen LogP contribution < -0.4 is 16.6 Å². The number of nitrogens with one attached hydrogen (secondary N) is 2. The van der Waals surface area contributed by atoms with Gasteiger partial charge in [-0.15, -0.1) is 0 Å². The highest BCUT2D eigenvalue weighted by molar-refractivity contribution is 6.06. The molecule has 0 bridgehead atoms. The summed E-state index contributed by atoms with van der Waals surface area (Å²) in [5.74, 6) is 5.76. The number of nitrogens with zero attached hydrogens (tertiary/aromatic N) is 2. The molecule has 0 saturated carbocycles. The van der Waals surface area contributed by atoms with Crippen LogP contribution in [0.15, 0.2) is 42.7 Å². The van der Waals surface area contributed by atoms with Gasteiger partial charge in [0, 0.05) is 12.4 Å². The Kier molecular flexibility index (Phi) is 3.27. The maximum Gasteiger partial charge on any atom is 0.260 e. The lowest BCUT2D eigenvalue weighted by molar-refractivity contribution is 0.102. The van der Waals surface area contributed by atoms with Crippen molar-refractivity contribution in [1.29, 1.82) is 0 Å². The quantitative estimate of drug-likeness (QED) is 0.539. The van der Waals surface area contributed by atoms with Crippen LogP contribution in [0.5, 0.6) is 0 Å². The zero-order chi connectivity index (χ0) is 12.1. The molecule has 0 saturated heterocycles. The van der Waals surface area contributed by atoms with Crippen LogP contribution in [0.3, 0.4) is 0 Å². The molecule has 0 aliphatic rings. The van der Waals surface area contributed by atoms with Crippen molar-refractivity contribution in [3.63, 3.8) is 0 Å². The second-order valence-electron chi connectivity index (χ2n) is 3.21. The van der Waals surface area contributed by atoms with Gasteiger partial charge in [-0.25, -0.2) is 15.8 Å². The van der Waals surface area contributed by atoms with Crippen molar-refractivity contribution in [2.24, 2.45) is 5.84 Å². The fourth-order valence-corrected chi connectivity index (χ4v) is 1.32. The number of pyridine rings is 2. The number of rotatable bonds is 3. The Hall–Kier alpha value is -2.47. The molecule has 0 atom stereocenters. The third kappa shape index (κ3) is 2.56. The number of nitrogen functional groups attached to an aromatic ring is 1. The first kappa shape index (κ1) is 11.0. The standard InChI is InChI=1S/C11H11N5O/c12-16-10-8(4-3-7-14-10)11(17)15-9-5-1-2-6-13-9/h1-7H,12H2,(H,14,16)(H,13,15,17). The van der Waals surface area contributed by atoms with Gasteiger partial charge in [-0.3, -0.25) is 4.79 Å². The molecule has 6 nitrogen and oxygen atoms in total. The van der Waals surface area contributed by atoms with Crippen molar-refractivity contribution in [2.75, 3.05) is 10.7 Å². The Labute approximate surface area is 97.9 Å².